The minimum atomic E-state index is -4.33. The molecule has 0 saturated heterocycles. The maximum atomic E-state index is 12.8. The molecule has 154 valence electrons. The van der Waals surface area contributed by atoms with Crippen molar-refractivity contribution in [2.75, 3.05) is 26.7 Å². The van der Waals surface area contributed by atoms with E-state index in [9.17, 15) is 13.2 Å². The summed E-state index contributed by atoms with van der Waals surface area (Å²) >= 11 is 1.82. The molecule has 1 aromatic heterocycles. The van der Waals surface area contributed by atoms with Crippen molar-refractivity contribution in [1.29, 1.82) is 0 Å². The molecular formula is C19H24F3IN4S. The summed E-state index contributed by atoms with van der Waals surface area (Å²) in [6.45, 7) is 3.91. The second kappa shape index (κ2) is 10.4. The van der Waals surface area contributed by atoms with Crippen LogP contribution in [0.5, 0.6) is 0 Å². The first-order chi connectivity index (χ1) is 13.0. The number of thiophene rings is 1. The molecule has 2 N–H and O–H groups in total. The van der Waals surface area contributed by atoms with Gasteiger partial charge in [-0.1, -0.05) is 12.1 Å². The van der Waals surface area contributed by atoms with Gasteiger partial charge in [0.2, 0.25) is 0 Å². The lowest BCUT2D eigenvalue weighted by atomic mass is 10.1. The molecular weight excluding hydrogens is 500 g/mol. The molecule has 0 atom stereocenters. The van der Waals surface area contributed by atoms with Gasteiger partial charge in [0.05, 0.1) is 5.56 Å². The molecule has 0 bridgehead atoms. The van der Waals surface area contributed by atoms with E-state index in [2.05, 4.69) is 32.0 Å². The Labute approximate surface area is 184 Å². The van der Waals surface area contributed by atoms with Gasteiger partial charge >= 0.3 is 6.18 Å². The van der Waals surface area contributed by atoms with Crippen LogP contribution in [0, 0.1) is 0 Å². The van der Waals surface area contributed by atoms with Gasteiger partial charge in [-0.25, -0.2) is 0 Å². The first-order valence-electron chi connectivity index (χ1n) is 8.84. The Kier molecular flexibility index (Phi) is 8.56. The Balaban J connectivity index is 0.00000280. The number of halogens is 4. The van der Waals surface area contributed by atoms with Crippen LogP contribution < -0.4 is 10.6 Å². The molecule has 2 aromatic rings. The molecule has 1 aliphatic rings. The molecule has 1 aliphatic heterocycles. The number of fused-ring (bicyclic) bond motifs is 1. The lowest BCUT2D eigenvalue weighted by Crippen LogP contribution is -2.42. The molecule has 3 rings (SSSR count). The van der Waals surface area contributed by atoms with E-state index in [0.29, 0.717) is 11.5 Å². The summed E-state index contributed by atoms with van der Waals surface area (Å²) in [4.78, 5) is 8.02. The standard InChI is InChI=1S/C19H23F3N4S.HI/c1-23-18(25-12-14-3-2-4-16(11-14)19(20,21)22)24-7-9-26-8-5-17-15(13-26)6-10-27-17;/h2-4,6,10-11H,5,7-9,12-13H2,1H3,(H2,23,24,25);1H. The quantitative estimate of drug-likeness (QED) is 0.352. The predicted octanol–water partition coefficient (Wildman–Crippen LogP) is 4.11. The first-order valence-corrected chi connectivity index (χ1v) is 9.72. The molecule has 9 heteroatoms. The Hall–Kier alpha value is -1.33. The van der Waals surface area contributed by atoms with Crippen LogP contribution in [0.2, 0.25) is 0 Å². The van der Waals surface area contributed by atoms with Gasteiger partial charge in [0.1, 0.15) is 0 Å². The zero-order valence-corrected chi connectivity index (χ0v) is 18.7. The van der Waals surface area contributed by atoms with Gasteiger partial charge < -0.3 is 10.6 Å². The topological polar surface area (TPSA) is 39.7 Å². The fourth-order valence-electron chi connectivity index (χ4n) is 3.09. The summed E-state index contributed by atoms with van der Waals surface area (Å²) in [6, 6.07) is 7.52. The van der Waals surface area contributed by atoms with E-state index >= 15 is 0 Å². The third kappa shape index (κ3) is 6.35. The monoisotopic (exact) mass is 524 g/mol. The van der Waals surface area contributed by atoms with E-state index in [1.807, 2.05) is 11.3 Å². The van der Waals surface area contributed by atoms with Gasteiger partial charge in [-0.15, -0.1) is 35.3 Å². The van der Waals surface area contributed by atoms with Crippen molar-refractivity contribution in [3.8, 4) is 0 Å². The summed E-state index contributed by atoms with van der Waals surface area (Å²) in [5, 5.41) is 8.44. The maximum Gasteiger partial charge on any atom is 0.416 e. The fraction of sp³-hybridized carbons (Fsp3) is 0.421. The van der Waals surface area contributed by atoms with E-state index in [1.54, 1.807) is 13.1 Å². The highest BCUT2D eigenvalue weighted by molar-refractivity contribution is 14.0. The highest BCUT2D eigenvalue weighted by Crippen LogP contribution is 2.29. The molecule has 0 unspecified atom stereocenters. The van der Waals surface area contributed by atoms with E-state index in [4.69, 9.17) is 0 Å². The predicted molar refractivity (Wildman–Crippen MR) is 118 cm³/mol. The van der Waals surface area contributed by atoms with Gasteiger partial charge in [0.25, 0.3) is 0 Å². The summed E-state index contributed by atoms with van der Waals surface area (Å²) in [7, 11) is 1.65. The molecule has 4 nitrogen and oxygen atoms in total. The summed E-state index contributed by atoms with van der Waals surface area (Å²) in [5.41, 5.74) is 1.34. The van der Waals surface area contributed by atoms with Crippen LogP contribution >= 0.6 is 35.3 Å². The molecule has 0 spiro atoms. The molecule has 28 heavy (non-hydrogen) atoms. The van der Waals surface area contributed by atoms with Crippen LogP contribution in [-0.2, 0) is 25.7 Å². The van der Waals surface area contributed by atoms with Crippen LogP contribution in [0.1, 0.15) is 21.6 Å². The number of alkyl halides is 3. The van der Waals surface area contributed by atoms with E-state index in [-0.39, 0.29) is 30.5 Å². The number of benzene rings is 1. The number of hydrogen-bond acceptors (Lipinski definition) is 3. The molecule has 0 aliphatic carbocycles. The summed E-state index contributed by atoms with van der Waals surface area (Å²) < 4.78 is 38.4. The average Bonchev–Trinajstić information content (AvgIpc) is 3.12. The average molecular weight is 524 g/mol. The third-order valence-electron chi connectivity index (χ3n) is 4.55. The minimum absolute atomic E-state index is 0. The lowest BCUT2D eigenvalue weighted by molar-refractivity contribution is -0.137. The second-order valence-corrected chi connectivity index (χ2v) is 7.45. The second-order valence-electron chi connectivity index (χ2n) is 6.45. The number of aliphatic imine (C=N–C) groups is 1. The Bertz CT molecular complexity index is 791. The minimum Gasteiger partial charge on any atom is -0.355 e. The number of rotatable bonds is 5. The first kappa shape index (κ1) is 23.0. The van der Waals surface area contributed by atoms with Crippen molar-refractivity contribution in [2.45, 2.75) is 25.7 Å². The van der Waals surface area contributed by atoms with Crippen molar-refractivity contribution < 1.29 is 13.2 Å². The Morgan fingerprint density at radius 3 is 2.82 bits per heavy atom. The van der Waals surface area contributed by atoms with Crippen molar-refractivity contribution in [2.24, 2.45) is 4.99 Å². The maximum absolute atomic E-state index is 12.8. The van der Waals surface area contributed by atoms with E-state index < -0.39 is 11.7 Å². The van der Waals surface area contributed by atoms with Crippen LogP contribution in [0.25, 0.3) is 0 Å². The highest BCUT2D eigenvalue weighted by atomic mass is 127. The zero-order chi connectivity index (χ0) is 19.3. The SMILES string of the molecule is CN=C(NCCN1CCc2sccc2C1)NCc1cccc(C(F)(F)F)c1.I. The fourth-order valence-corrected chi connectivity index (χ4v) is 3.98. The molecule has 1 aromatic carbocycles. The smallest absolute Gasteiger partial charge is 0.355 e. The van der Waals surface area contributed by atoms with Crippen LogP contribution in [0.15, 0.2) is 40.7 Å². The van der Waals surface area contributed by atoms with E-state index in [1.165, 1.54) is 16.5 Å². The summed E-state index contributed by atoms with van der Waals surface area (Å²) in [6.07, 6.45) is -3.23. The Morgan fingerprint density at radius 1 is 1.25 bits per heavy atom. The van der Waals surface area contributed by atoms with Gasteiger partial charge in [-0.2, -0.15) is 13.2 Å². The Morgan fingerprint density at radius 2 is 2.07 bits per heavy atom. The van der Waals surface area contributed by atoms with Gasteiger partial charge in [0.15, 0.2) is 5.96 Å². The van der Waals surface area contributed by atoms with Crippen molar-refractivity contribution in [3.05, 3.63) is 57.3 Å². The largest absolute Gasteiger partial charge is 0.416 e. The number of nitrogens with one attached hydrogen (secondary N) is 2. The van der Waals surface area contributed by atoms with Crippen LogP contribution in [0.4, 0.5) is 13.2 Å². The van der Waals surface area contributed by atoms with E-state index in [0.717, 1.165) is 44.7 Å². The van der Waals surface area contributed by atoms with Crippen molar-refractivity contribution in [1.82, 2.24) is 15.5 Å². The highest BCUT2D eigenvalue weighted by Gasteiger charge is 2.30. The van der Waals surface area contributed by atoms with Crippen molar-refractivity contribution >= 4 is 41.3 Å². The molecule has 2 heterocycles. The number of nitrogens with zero attached hydrogens (tertiary/aromatic N) is 2. The number of hydrogen-bond donors (Lipinski definition) is 2. The third-order valence-corrected chi connectivity index (χ3v) is 5.57. The van der Waals surface area contributed by atoms with Crippen LogP contribution in [0.3, 0.4) is 0 Å². The lowest BCUT2D eigenvalue weighted by Gasteiger charge is -2.27. The zero-order valence-electron chi connectivity index (χ0n) is 15.6. The van der Waals surface area contributed by atoms with Gasteiger partial charge in [0, 0.05) is 44.6 Å². The summed E-state index contributed by atoms with van der Waals surface area (Å²) in [5.74, 6) is 0.584. The van der Waals surface area contributed by atoms with Gasteiger partial charge in [-0.3, -0.25) is 9.89 Å². The molecule has 0 fully saturated rings. The molecule has 0 radical (unpaired) electrons. The number of guanidine groups is 1. The van der Waals surface area contributed by atoms with Crippen LogP contribution in [-0.4, -0.2) is 37.5 Å². The normalized spacial score (nSPS) is 14.9. The molecule has 0 amide bonds. The van der Waals surface area contributed by atoms with Gasteiger partial charge in [-0.05, 0) is 41.1 Å². The molecule has 0 saturated carbocycles. The van der Waals surface area contributed by atoms with Crippen molar-refractivity contribution in [3.63, 3.8) is 0 Å².